The summed E-state index contributed by atoms with van der Waals surface area (Å²) in [5.74, 6) is -0.0522. The topological polar surface area (TPSA) is 81.5 Å². The van der Waals surface area contributed by atoms with E-state index in [0.717, 1.165) is 12.8 Å². The summed E-state index contributed by atoms with van der Waals surface area (Å²) in [4.78, 5) is 25.2. The molecule has 0 saturated heterocycles. The molecule has 0 aromatic heterocycles. The van der Waals surface area contributed by atoms with E-state index in [4.69, 9.17) is 0 Å². The number of rotatable bonds is 3. The molecule has 1 saturated carbocycles. The molecule has 14 heavy (non-hydrogen) atoms. The Balaban J connectivity index is 2.24. The number of carbonyl (C=O) groups is 1. The molecule has 0 unspecified atom stereocenters. The lowest BCUT2D eigenvalue weighted by Gasteiger charge is -2.27. The maximum absolute atomic E-state index is 10.7. The Kier molecular flexibility index (Phi) is 3.67. The zero-order valence-electron chi connectivity index (χ0n) is 8.06. The van der Waals surface area contributed by atoms with Crippen LogP contribution in [0.5, 0.6) is 0 Å². The fourth-order valence-corrected chi connectivity index (χ4v) is 1.72. The number of carbonyl (C=O) groups excluding carboxylic acids is 1. The monoisotopic (exact) mass is 202 g/mol. The molecule has 1 rings (SSSR count). The second kappa shape index (κ2) is 4.78. The van der Waals surface area contributed by atoms with Gasteiger partial charge in [-0.15, -0.1) is 10.1 Å². The van der Waals surface area contributed by atoms with E-state index >= 15 is 0 Å². The highest BCUT2D eigenvalue weighted by Crippen LogP contribution is 2.21. The minimum absolute atomic E-state index is 0.0522. The summed E-state index contributed by atoms with van der Waals surface area (Å²) in [6.07, 6.45) is 2.46. The first-order chi connectivity index (χ1) is 6.58. The molecule has 0 atom stereocenters. The van der Waals surface area contributed by atoms with Crippen LogP contribution in [0.2, 0.25) is 0 Å². The van der Waals surface area contributed by atoms with Crippen LogP contribution in [0.15, 0.2) is 0 Å². The van der Waals surface area contributed by atoms with Gasteiger partial charge in [-0.25, -0.2) is 0 Å². The van der Waals surface area contributed by atoms with Gasteiger partial charge in [0.25, 0.3) is 5.09 Å². The largest absolute Gasteiger partial charge is 0.354 e. The van der Waals surface area contributed by atoms with Crippen molar-refractivity contribution in [2.24, 2.45) is 0 Å². The Bertz CT molecular complexity index is 199. The summed E-state index contributed by atoms with van der Waals surface area (Å²) in [6.45, 7) is 1.47. The second-order valence-electron chi connectivity index (χ2n) is 3.50. The first-order valence-electron chi connectivity index (χ1n) is 4.66. The molecule has 1 N–H and O–H groups in total. The minimum Gasteiger partial charge on any atom is -0.354 e. The Morgan fingerprint density at radius 3 is 2.43 bits per heavy atom. The van der Waals surface area contributed by atoms with Crippen molar-refractivity contribution in [2.75, 3.05) is 0 Å². The normalized spacial score (nSPS) is 26.6. The third-order valence-corrected chi connectivity index (χ3v) is 2.32. The molecule has 0 aromatic rings. The van der Waals surface area contributed by atoms with Crippen molar-refractivity contribution in [1.82, 2.24) is 5.32 Å². The van der Waals surface area contributed by atoms with Gasteiger partial charge >= 0.3 is 0 Å². The van der Waals surface area contributed by atoms with Crippen molar-refractivity contribution in [1.29, 1.82) is 0 Å². The molecule has 0 heterocycles. The van der Waals surface area contributed by atoms with Gasteiger partial charge in [-0.05, 0) is 25.7 Å². The van der Waals surface area contributed by atoms with Crippen LogP contribution in [0.25, 0.3) is 0 Å². The van der Waals surface area contributed by atoms with Crippen molar-refractivity contribution in [3.63, 3.8) is 0 Å². The highest BCUT2D eigenvalue weighted by molar-refractivity contribution is 5.73. The summed E-state index contributed by atoms with van der Waals surface area (Å²) in [7, 11) is 0. The van der Waals surface area contributed by atoms with Crippen molar-refractivity contribution in [2.45, 2.75) is 44.8 Å². The van der Waals surface area contributed by atoms with Crippen molar-refractivity contribution >= 4 is 5.91 Å². The average molecular weight is 202 g/mol. The highest BCUT2D eigenvalue weighted by atomic mass is 17.0. The Morgan fingerprint density at radius 2 is 2.00 bits per heavy atom. The predicted molar refractivity (Wildman–Crippen MR) is 47.9 cm³/mol. The van der Waals surface area contributed by atoms with E-state index in [1.807, 2.05) is 0 Å². The van der Waals surface area contributed by atoms with Crippen LogP contribution in [0, 0.1) is 10.1 Å². The molecule has 0 radical (unpaired) electrons. The van der Waals surface area contributed by atoms with Crippen LogP contribution in [-0.2, 0) is 9.63 Å². The third-order valence-electron chi connectivity index (χ3n) is 2.32. The first kappa shape index (κ1) is 10.7. The summed E-state index contributed by atoms with van der Waals surface area (Å²) in [5.41, 5.74) is 0. The van der Waals surface area contributed by atoms with Gasteiger partial charge in [-0.1, -0.05) is 0 Å². The van der Waals surface area contributed by atoms with Gasteiger partial charge in [-0.3, -0.25) is 4.79 Å². The second-order valence-corrected chi connectivity index (χ2v) is 3.50. The van der Waals surface area contributed by atoms with Crippen LogP contribution in [-0.4, -0.2) is 23.1 Å². The van der Waals surface area contributed by atoms with Crippen molar-refractivity contribution in [3.05, 3.63) is 10.1 Å². The van der Waals surface area contributed by atoms with Crippen molar-refractivity contribution < 1.29 is 14.7 Å². The van der Waals surface area contributed by atoms with E-state index in [1.165, 1.54) is 6.92 Å². The Labute approximate surface area is 81.7 Å². The zero-order chi connectivity index (χ0) is 10.6. The molecule has 0 aliphatic heterocycles. The van der Waals surface area contributed by atoms with Crippen LogP contribution < -0.4 is 5.32 Å². The summed E-state index contributed by atoms with van der Waals surface area (Å²) < 4.78 is 0. The number of nitrogens with one attached hydrogen (secondary N) is 1. The Hall–Kier alpha value is -1.33. The van der Waals surface area contributed by atoms with Crippen LogP contribution in [0.1, 0.15) is 32.6 Å². The maximum Gasteiger partial charge on any atom is 0.294 e. The van der Waals surface area contributed by atoms with Crippen LogP contribution >= 0.6 is 0 Å². The van der Waals surface area contributed by atoms with Gasteiger partial charge < -0.3 is 10.2 Å². The molecular weight excluding hydrogens is 188 g/mol. The number of hydrogen-bond acceptors (Lipinski definition) is 4. The smallest absolute Gasteiger partial charge is 0.294 e. The molecule has 0 bridgehead atoms. The van der Waals surface area contributed by atoms with Gasteiger partial charge in [0.1, 0.15) is 6.10 Å². The van der Waals surface area contributed by atoms with Gasteiger partial charge in [0.05, 0.1) is 0 Å². The van der Waals surface area contributed by atoms with Gasteiger partial charge in [0.15, 0.2) is 0 Å². The minimum atomic E-state index is -0.747. The standard InChI is InChI=1S/C8H14N2O4/c1-6(11)9-7-2-4-8(5-3-7)14-10(12)13/h7-8H,2-5H2,1H3,(H,9,11). The van der Waals surface area contributed by atoms with Crippen LogP contribution in [0.4, 0.5) is 0 Å². The lowest BCUT2D eigenvalue weighted by molar-refractivity contribution is -0.769. The summed E-state index contributed by atoms with van der Waals surface area (Å²) in [5, 5.41) is 12.1. The van der Waals surface area contributed by atoms with E-state index in [0.29, 0.717) is 12.8 Å². The number of hydrogen-bond donors (Lipinski definition) is 1. The molecule has 0 aromatic carbocycles. The van der Waals surface area contributed by atoms with E-state index in [-0.39, 0.29) is 18.1 Å². The van der Waals surface area contributed by atoms with E-state index in [9.17, 15) is 14.9 Å². The zero-order valence-corrected chi connectivity index (χ0v) is 8.06. The molecular formula is C8H14N2O4. The van der Waals surface area contributed by atoms with Crippen molar-refractivity contribution in [3.8, 4) is 0 Å². The van der Waals surface area contributed by atoms with Gasteiger partial charge in [0.2, 0.25) is 5.91 Å². The third kappa shape index (κ3) is 3.59. The quantitative estimate of drug-likeness (QED) is 0.538. The van der Waals surface area contributed by atoms with E-state index < -0.39 is 5.09 Å². The van der Waals surface area contributed by atoms with Crippen LogP contribution in [0.3, 0.4) is 0 Å². The number of nitrogens with zero attached hydrogens (tertiary/aromatic N) is 1. The molecule has 1 amide bonds. The lowest BCUT2D eigenvalue weighted by atomic mass is 9.93. The summed E-state index contributed by atoms with van der Waals surface area (Å²) >= 11 is 0. The Morgan fingerprint density at radius 1 is 1.43 bits per heavy atom. The van der Waals surface area contributed by atoms with E-state index in [2.05, 4.69) is 10.2 Å². The first-order valence-corrected chi connectivity index (χ1v) is 4.66. The lowest BCUT2D eigenvalue weighted by Crippen LogP contribution is -2.38. The molecule has 1 aliphatic carbocycles. The maximum atomic E-state index is 10.7. The highest BCUT2D eigenvalue weighted by Gasteiger charge is 2.23. The molecule has 0 spiro atoms. The fourth-order valence-electron chi connectivity index (χ4n) is 1.72. The van der Waals surface area contributed by atoms with E-state index in [1.54, 1.807) is 0 Å². The predicted octanol–water partition coefficient (Wildman–Crippen LogP) is 0.642. The number of amides is 1. The molecule has 1 aliphatic rings. The fraction of sp³-hybridized carbons (Fsp3) is 0.875. The SMILES string of the molecule is CC(=O)NC1CCC(O[N+](=O)[O-])CC1. The molecule has 6 nitrogen and oxygen atoms in total. The summed E-state index contributed by atoms with van der Waals surface area (Å²) in [6, 6.07) is 0.152. The molecule has 80 valence electrons. The van der Waals surface area contributed by atoms with Gasteiger partial charge in [-0.2, -0.15) is 0 Å². The average Bonchev–Trinajstić information content (AvgIpc) is 2.06. The molecule has 6 heteroatoms. The van der Waals surface area contributed by atoms with Gasteiger partial charge in [0, 0.05) is 13.0 Å². The molecule has 1 fully saturated rings.